The lowest BCUT2D eigenvalue weighted by molar-refractivity contribution is 0.0762. The molecule has 2 heterocycles. The summed E-state index contributed by atoms with van der Waals surface area (Å²) in [5.41, 5.74) is 2.31. The molecule has 0 aliphatic carbocycles. The minimum absolute atomic E-state index is 0.0611. The predicted octanol–water partition coefficient (Wildman–Crippen LogP) is 2.55. The SMILES string of the molecule is Cc1cccc(-c2noc(CN(C)C(=O)c3nc4ccccc4[nH]c3=O)n2)c1. The number of hydrogen-bond acceptors (Lipinski definition) is 6. The molecule has 0 aliphatic heterocycles. The molecule has 0 aliphatic rings. The van der Waals surface area contributed by atoms with Crippen LogP contribution < -0.4 is 5.56 Å². The molecule has 0 fully saturated rings. The number of benzene rings is 2. The average molecular weight is 375 g/mol. The predicted molar refractivity (Wildman–Crippen MR) is 103 cm³/mol. The molecule has 4 aromatic rings. The van der Waals surface area contributed by atoms with Crippen molar-refractivity contribution >= 4 is 16.9 Å². The van der Waals surface area contributed by atoms with Crippen LogP contribution in [0.5, 0.6) is 0 Å². The highest BCUT2D eigenvalue weighted by Crippen LogP contribution is 2.17. The maximum atomic E-state index is 12.7. The first-order chi connectivity index (χ1) is 13.5. The number of aromatic nitrogens is 4. The van der Waals surface area contributed by atoms with Gasteiger partial charge >= 0.3 is 0 Å². The van der Waals surface area contributed by atoms with E-state index in [4.69, 9.17) is 4.52 Å². The van der Waals surface area contributed by atoms with Gasteiger partial charge in [0.2, 0.25) is 11.7 Å². The molecule has 1 amide bonds. The van der Waals surface area contributed by atoms with Crippen LogP contribution in [-0.2, 0) is 6.54 Å². The van der Waals surface area contributed by atoms with Crippen LogP contribution in [0.1, 0.15) is 21.9 Å². The standard InChI is InChI=1S/C20H17N5O3/c1-12-6-5-7-13(10-12)18-23-16(28-24-18)11-25(2)20(27)17-19(26)22-15-9-4-3-8-14(15)21-17/h3-10H,11H2,1-2H3,(H,22,26). The molecule has 140 valence electrons. The van der Waals surface area contributed by atoms with E-state index in [0.29, 0.717) is 16.9 Å². The summed E-state index contributed by atoms with van der Waals surface area (Å²) in [5.74, 6) is 0.188. The van der Waals surface area contributed by atoms with E-state index in [9.17, 15) is 9.59 Å². The van der Waals surface area contributed by atoms with Gasteiger partial charge in [-0.05, 0) is 25.1 Å². The van der Waals surface area contributed by atoms with Crippen LogP contribution in [0.2, 0.25) is 0 Å². The quantitative estimate of drug-likeness (QED) is 0.588. The van der Waals surface area contributed by atoms with E-state index in [1.807, 2.05) is 31.2 Å². The van der Waals surface area contributed by atoms with E-state index in [0.717, 1.165) is 11.1 Å². The van der Waals surface area contributed by atoms with Crippen LogP contribution in [0.4, 0.5) is 0 Å². The van der Waals surface area contributed by atoms with E-state index in [2.05, 4.69) is 20.1 Å². The summed E-state index contributed by atoms with van der Waals surface area (Å²) in [6.45, 7) is 2.04. The van der Waals surface area contributed by atoms with Crippen LogP contribution in [0, 0.1) is 6.92 Å². The zero-order valence-corrected chi connectivity index (χ0v) is 15.3. The molecule has 1 N–H and O–H groups in total. The zero-order chi connectivity index (χ0) is 19.7. The summed E-state index contributed by atoms with van der Waals surface area (Å²) in [7, 11) is 1.55. The van der Waals surface area contributed by atoms with Crippen molar-refractivity contribution in [1.29, 1.82) is 0 Å². The van der Waals surface area contributed by atoms with Crippen molar-refractivity contribution in [1.82, 2.24) is 25.0 Å². The van der Waals surface area contributed by atoms with Gasteiger partial charge in [0.25, 0.3) is 11.5 Å². The molecule has 0 atom stereocenters. The Labute approximate surface area is 159 Å². The van der Waals surface area contributed by atoms with Gasteiger partial charge in [-0.25, -0.2) is 4.98 Å². The summed E-state index contributed by atoms with van der Waals surface area (Å²) >= 11 is 0. The van der Waals surface area contributed by atoms with Crippen molar-refractivity contribution in [3.63, 3.8) is 0 Å². The van der Waals surface area contributed by atoms with E-state index in [1.165, 1.54) is 4.90 Å². The Morgan fingerprint density at radius 2 is 1.96 bits per heavy atom. The summed E-state index contributed by atoms with van der Waals surface area (Å²) < 4.78 is 5.25. The summed E-state index contributed by atoms with van der Waals surface area (Å²) in [6.07, 6.45) is 0. The monoisotopic (exact) mass is 375 g/mol. The number of rotatable bonds is 4. The largest absolute Gasteiger partial charge is 0.337 e. The van der Waals surface area contributed by atoms with Gasteiger partial charge in [-0.2, -0.15) is 4.98 Å². The van der Waals surface area contributed by atoms with Crippen LogP contribution in [0.25, 0.3) is 22.4 Å². The summed E-state index contributed by atoms with van der Waals surface area (Å²) in [6, 6.07) is 14.8. The van der Waals surface area contributed by atoms with Crippen molar-refractivity contribution in [3.05, 3.63) is 76.0 Å². The Hall–Kier alpha value is -3.81. The number of carbonyl (C=O) groups excluding carboxylic acids is 1. The van der Waals surface area contributed by atoms with Gasteiger partial charge < -0.3 is 14.4 Å². The van der Waals surface area contributed by atoms with E-state index >= 15 is 0 Å². The molecule has 0 saturated carbocycles. The van der Waals surface area contributed by atoms with Gasteiger partial charge in [0.1, 0.15) is 6.54 Å². The second-order valence-electron chi connectivity index (χ2n) is 6.47. The van der Waals surface area contributed by atoms with E-state index < -0.39 is 11.5 Å². The maximum absolute atomic E-state index is 12.7. The van der Waals surface area contributed by atoms with Crippen LogP contribution in [0.15, 0.2) is 57.8 Å². The highest BCUT2D eigenvalue weighted by molar-refractivity contribution is 5.93. The number of para-hydroxylation sites is 2. The van der Waals surface area contributed by atoms with Crippen molar-refractivity contribution in [2.24, 2.45) is 0 Å². The molecule has 4 rings (SSSR count). The lowest BCUT2D eigenvalue weighted by atomic mass is 10.1. The van der Waals surface area contributed by atoms with Gasteiger partial charge in [-0.3, -0.25) is 9.59 Å². The molecule has 0 saturated heterocycles. The number of nitrogens with one attached hydrogen (secondary N) is 1. The number of carbonyl (C=O) groups is 1. The third-order valence-corrected chi connectivity index (χ3v) is 4.27. The van der Waals surface area contributed by atoms with Gasteiger partial charge in [0.15, 0.2) is 5.69 Å². The normalized spacial score (nSPS) is 10.9. The van der Waals surface area contributed by atoms with Crippen molar-refractivity contribution in [3.8, 4) is 11.4 Å². The fourth-order valence-electron chi connectivity index (χ4n) is 2.85. The van der Waals surface area contributed by atoms with Crippen LogP contribution in [0.3, 0.4) is 0 Å². The number of amides is 1. The minimum Gasteiger partial charge on any atom is -0.337 e. The lowest BCUT2D eigenvalue weighted by Crippen LogP contribution is -2.32. The third-order valence-electron chi connectivity index (χ3n) is 4.27. The number of H-pyrrole nitrogens is 1. The third kappa shape index (κ3) is 3.39. The van der Waals surface area contributed by atoms with Crippen molar-refractivity contribution < 1.29 is 9.32 Å². The van der Waals surface area contributed by atoms with Crippen LogP contribution in [-0.4, -0.2) is 38.0 Å². The number of aryl methyl sites for hydroxylation is 1. The summed E-state index contributed by atoms with van der Waals surface area (Å²) in [5, 5.41) is 3.96. The number of aromatic amines is 1. The van der Waals surface area contributed by atoms with Crippen molar-refractivity contribution in [2.75, 3.05) is 7.05 Å². The number of hydrogen-bond donors (Lipinski definition) is 1. The highest BCUT2D eigenvalue weighted by atomic mass is 16.5. The van der Waals surface area contributed by atoms with E-state index in [1.54, 1.807) is 31.3 Å². The molecular weight excluding hydrogens is 358 g/mol. The molecule has 8 heteroatoms. The highest BCUT2D eigenvalue weighted by Gasteiger charge is 2.20. The maximum Gasteiger partial charge on any atom is 0.280 e. The van der Waals surface area contributed by atoms with Gasteiger partial charge in [-0.15, -0.1) is 0 Å². The zero-order valence-electron chi connectivity index (χ0n) is 15.3. The van der Waals surface area contributed by atoms with Gasteiger partial charge in [0.05, 0.1) is 11.0 Å². The minimum atomic E-state index is -0.540. The molecule has 0 bridgehead atoms. The van der Waals surface area contributed by atoms with Gasteiger partial charge in [0, 0.05) is 12.6 Å². The Kier molecular flexibility index (Phi) is 4.44. The van der Waals surface area contributed by atoms with E-state index in [-0.39, 0.29) is 18.1 Å². The fraction of sp³-hybridized carbons (Fsp3) is 0.150. The Balaban J connectivity index is 1.56. The molecule has 8 nitrogen and oxygen atoms in total. The smallest absolute Gasteiger partial charge is 0.280 e. The molecule has 0 radical (unpaired) electrons. The Morgan fingerprint density at radius 3 is 2.79 bits per heavy atom. The lowest BCUT2D eigenvalue weighted by Gasteiger charge is -2.13. The first kappa shape index (κ1) is 17.6. The number of nitrogens with zero attached hydrogens (tertiary/aromatic N) is 4. The second kappa shape index (κ2) is 7.07. The first-order valence-electron chi connectivity index (χ1n) is 8.65. The summed E-state index contributed by atoms with van der Waals surface area (Å²) in [4.78, 5) is 37.4. The molecule has 2 aromatic heterocycles. The average Bonchev–Trinajstić information content (AvgIpc) is 3.15. The molecule has 0 unspecified atom stereocenters. The van der Waals surface area contributed by atoms with Gasteiger partial charge in [-0.1, -0.05) is 41.1 Å². The second-order valence-corrected chi connectivity index (χ2v) is 6.47. The molecule has 28 heavy (non-hydrogen) atoms. The molecule has 2 aromatic carbocycles. The number of fused-ring (bicyclic) bond motifs is 1. The molecular formula is C20H17N5O3. The molecule has 0 spiro atoms. The Morgan fingerprint density at radius 1 is 1.14 bits per heavy atom. The Bertz CT molecular complexity index is 1230. The fourth-order valence-corrected chi connectivity index (χ4v) is 2.85. The topological polar surface area (TPSA) is 105 Å². The van der Waals surface area contributed by atoms with Crippen LogP contribution >= 0.6 is 0 Å². The van der Waals surface area contributed by atoms with Crippen molar-refractivity contribution in [2.45, 2.75) is 13.5 Å². The first-order valence-corrected chi connectivity index (χ1v) is 8.65.